The molecule has 0 radical (unpaired) electrons. The minimum absolute atomic E-state index is 0.0585. The van der Waals surface area contributed by atoms with E-state index in [1.807, 2.05) is 6.92 Å². The van der Waals surface area contributed by atoms with Crippen LogP contribution < -0.4 is 5.63 Å². The first-order valence-corrected chi connectivity index (χ1v) is 8.50. The largest absolute Gasteiger partial charge is 0.512 e. The van der Waals surface area contributed by atoms with E-state index in [2.05, 4.69) is 4.98 Å². The Labute approximate surface area is 155 Å². The van der Waals surface area contributed by atoms with Crippen molar-refractivity contribution >= 4 is 22.3 Å². The molecule has 0 spiro atoms. The number of carbonyl (C=O) groups is 1. The van der Waals surface area contributed by atoms with Crippen molar-refractivity contribution in [3.05, 3.63) is 69.9 Å². The Hall–Kier alpha value is -3.41. The van der Waals surface area contributed by atoms with Gasteiger partial charge in [-0.05, 0) is 39.0 Å². The zero-order chi connectivity index (χ0) is 19.6. The normalized spacial score (nSPS) is 12.0. The van der Waals surface area contributed by atoms with Crippen LogP contribution in [0.4, 0.5) is 0 Å². The minimum Gasteiger partial charge on any atom is -0.512 e. The minimum atomic E-state index is -0.702. The number of hydrogen-bond acceptors (Lipinski definition) is 6. The summed E-state index contributed by atoms with van der Waals surface area (Å²) in [6, 6.07) is 10.3. The fourth-order valence-electron chi connectivity index (χ4n) is 2.92. The number of nitrogens with zero attached hydrogens (tertiary/aromatic N) is 1. The van der Waals surface area contributed by atoms with Gasteiger partial charge in [-0.25, -0.2) is 9.59 Å². The second-order valence-electron chi connectivity index (χ2n) is 6.04. The quantitative estimate of drug-likeness (QED) is 0.427. The third-order valence-corrected chi connectivity index (χ3v) is 4.08. The second kappa shape index (κ2) is 7.45. The average Bonchev–Trinajstić information content (AvgIpc) is 2.64. The maximum Gasteiger partial charge on any atom is 0.344 e. The van der Waals surface area contributed by atoms with Crippen LogP contribution in [0, 0.1) is 6.92 Å². The van der Waals surface area contributed by atoms with Gasteiger partial charge in [-0.3, -0.25) is 4.98 Å². The standard InChI is InChI=1S/C21H19NO5/c1-4-26-21(25)17(13(3)23)18-15-11-12(2)8-9-14(15)20(24)27-19(18)16-7-5-6-10-22-16/h5-11,23H,4H2,1-3H3/b17-13+. The monoisotopic (exact) mass is 365 g/mol. The molecule has 27 heavy (non-hydrogen) atoms. The topological polar surface area (TPSA) is 89.6 Å². The highest BCUT2D eigenvalue weighted by Crippen LogP contribution is 2.35. The summed E-state index contributed by atoms with van der Waals surface area (Å²) in [4.78, 5) is 29.4. The van der Waals surface area contributed by atoms with Crippen molar-refractivity contribution in [2.45, 2.75) is 20.8 Å². The molecule has 2 aromatic heterocycles. The molecule has 0 bridgehead atoms. The smallest absolute Gasteiger partial charge is 0.344 e. The molecule has 0 aliphatic carbocycles. The Morgan fingerprint density at radius 2 is 2.00 bits per heavy atom. The van der Waals surface area contributed by atoms with Crippen molar-refractivity contribution in [3.8, 4) is 11.5 Å². The molecule has 2 heterocycles. The van der Waals surface area contributed by atoms with Crippen molar-refractivity contribution in [2.24, 2.45) is 0 Å². The predicted molar refractivity (Wildman–Crippen MR) is 102 cm³/mol. The zero-order valence-electron chi connectivity index (χ0n) is 15.3. The van der Waals surface area contributed by atoms with Crippen LogP contribution in [0.25, 0.3) is 27.8 Å². The molecule has 6 heteroatoms. The van der Waals surface area contributed by atoms with Crippen LogP contribution in [0.15, 0.2) is 57.6 Å². The van der Waals surface area contributed by atoms with E-state index in [9.17, 15) is 14.7 Å². The molecule has 0 atom stereocenters. The first-order valence-electron chi connectivity index (χ1n) is 8.50. The van der Waals surface area contributed by atoms with Gasteiger partial charge in [0, 0.05) is 17.1 Å². The fourth-order valence-corrected chi connectivity index (χ4v) is 2.92. The Morgan fingerprint density at radius 3 is 2.63 bits per heavy atom. The molecule has 0 aliphatic rings. The van der Waals surface area contributed by atoms with Crippen molar-refractivity contribution in [1.29, 1.82) is 0 Å². The Kier molecular flexibility index (Phi) is 5.07. The molecule has 138 valence electrons. The van der Waals surface area contributed by atoms with Crippen LogP contribution in [0.2, 0.25) is 0 Å². The van der Waals surface area contributed by atoms with E-state index in [0.717, 1.165) is 5.56 Å². The molecule has 0 fully saturated rings. The Balaban J connectivity index is 2.49. The summed E-state index contributed by atoms with van der Waals surface area (Å²) >= 11 is 0. The number of aliphatic hydroxyl groups is 1. The van der Waals surface area contributed by atoms with Crippen LogP contribution >= 0.6 is 0 Å². The number of aryl methyl sites for hydroxylation is 1. The van der Waals surface area contributed by atoms with E-state index in [-0.39, 0.29) is 29.3 Å². The van der Waals surface area contributed by atoms with Crippen LogP contribution in [-0.2, 0) is 9.53 Å². The first-order chi connectivity index (χ1) is 12.9. The van der Waals surface area contributed by atoms with Crippen LogP contribution in [0.3, 0.4) is 0 Å². The number of benzene rings is 1. The lowest BCUT2D eigenvalue weighted by atomic mass is 9.95. The van der Waals surface area contributed by atoms with Gasteiger partial charge in [-0.1, -0.05) is 23.8 Å². The first kappa shape index (κ1) is 18.4. The highest BCUT2D eigenvalue weighted by Gasteiger charge is 2.27. The van der Waals surface area contributed by atoms with E-state index in [0.29, 0.717) is 16.5 Å². The lowest BCUT2D eigenvalue weighted by Crippen LogP contribution is -2.13. The molecule has 3 aromatic rings. The molecular formula is C21H19NO5. The molecule has 3 rings (SSSR count). The lowest BCUT2D eigenvalue weighted by Gasteiger charge is -2.15. The molecule has 0 unspecified atom stereocenters. The summed E-state index contributed by atoms with van der Waals surface area (Å²) < 4.78 is 10.7. The van der Waals surface area contributed by atoms with Gasteiger partial charge in [-0.2, -0.15) is 0 Å². The molecular weight excluding hydrogens is 346 g/mol. The fraction of sp³-hybridized carbons (Fsp3) is 0.190. The van der Waals surface area contributed by atoms with Gasteiger partial charge in [0.05, 0.1) is 12.0 Å². The summed E-state index contributed by atoms with van der Waals surface area (Å²) in [6.45, 7) is 5.08. The molecule has 0 aliphatic heterocycles. The number of fused-ring (bicyclic) bond motifs is 1. The summed E-state index contributed by atoms with van der Waals surface area (Å²) in [5.41, 5.74) is 0.937. The second-order valence-corrected chi connectivity index (χ2v) is 6.04. The van der Waals surface area contributed by atoms with Gasteiger partial charge < -0.3 is 14.3 Å². The van der Waals surface area contributed by atoms with Gasteiger partial charge in [0.2, 0.25) is 0 Å². The third kappa shape index (κ3) is 3.46. The van der Waals surface area contributed by atoms with Gasteiger partial charge in [0.15, 0.2) is 5.76 Å². The number of aliphatic hydroxyl groups excluding tert-OH is 1. The number of esters is 1. The summed E-state index contributed by atoms with van der Waals surface area (Å²) in [5.74, 6) is -0.830. The van der Waals surface area contributed by atoms with Gasteiger partial charge >= 0.3 is 11.6 Å². The number of allylic oxidation sites excluding steroid dienone is 1. The van der Waals surface area contributed by atoms with E-state index in [4.69, 9.17) is 9.15 Å². The molecule has 1 N–H and O–H groups in total. The summed E-state index contributed by atoms with van der Waals surface area (Å²) in [5, 5.41) is 11.1. The van der Waals surface area contributed by atoms with Crippen molar-refractivity contribution in [3.63, 3.8) is 0 Å². The van der Waals surface area contributed by atoms with Crippen molar-refractivity contribution < 1.29 is 19.1 Å². The zero-order valence-corrected chi connectivity index (χ0v) is 15.3. The maximum absolute atomic E-state index is 12.6. The number of ether oxygens (including phenoxy) is 1. The van der Waals surface area contributed by atoms with E-state index < -0.39 is 11.6 Å². The Morgan fingerprint density at radius 1 is 1.22 bits per heavy atom. The summed E-state index contributed by atoms with van der Waals surface area (Å²) in [6.07, 6.45) is 1.55. The van der Waals surface area contributed by atoms with Gasteiger partial charge in [-0.15, -0.1) is 0 Å². The number of carbonyl (C=O) groups excluding carboxylic acids is 1. The number of pyridine rings is 1. The molecule has 0 saturated carbocycles. The Bertz CT molecular complexity index is 1090. The van der Waals surface area contributed by atoms with Crippen molar-refractivity contribution in [2.75, 3.05) is 6.61 Å². The van der Waals surface area contributed by atoms with Crippen LogP contribution in [-0.4, -0.2) is 22.7 Å². The number of rotatable bonds is 4. The number of hydrogen-bond donors (Lipinski definition) is 1. The van der Waals surface area contributed by atoms with Crippen molar-refractivity contribution in [1.82, 2.24) is 4.98 Å². The van der Waals surface area contributed by atoms with Gasteiger partial charge in [0.25, 0.3) is 0 Å². The highest BCUT2D eigenvalue weighted by molar-refractivity contribution is 6.22. The predicted octanol–water partition coefficient (Wildman–Crippen LogP) is 4.02. The van der Waals surface area contributed by atoms with Crippen LogP contribution in [0.1, 0.15) is 25.0 Å². The van der Waals surface area contributed by atoms with E-state index in [1.54, 1.807) is 49.5 Å². The molecule has 1 aromatic carbocycles. The van der Waals surface area contributed by atoms with Crippen LogP contribution in [0.5, 0.6) is 0 Å². The lowest BCUT2D eigenvalue weighted by molar-refractivity contribution is -0.136. The van der Waals surface area contributed by atoms with E-state index in [1.165, 1.54) is 6.92 Å². The average molecular weight is 365 g/mol. The molecule has 6 nitrogen and oxygen atoms in total. The SMILES string of the molecule is CCOC(=O)/C(=C(\C)O)c1c(-c2ccccn2)oc(=O)c2ccc(C)cc12. The van der Waals surface area contributed by atoms with Gasteiger partial charge in [0.1, 0.15) is 17.0 Å². The molecule has 0 saturated heterocycles. The molecule has 0 amide bonds. The highest BCUT2D eigenvalue weighted by atomic mass is 16.5. The maximum atomic E-state index is 12.6. The van der Waals surface area contributed by atoms with E-state index >= 15 is 0 Å². The third-order valence-electron chi connectivity index (χ3n) is 4.08. The number of aromatic nitrogens is 1. The summed E-state index contributed by atoms with van der Waals surface area (Å²) in [7, 11) is 0.